The first-order chi connectivity index (χ1) is 18.9. The SMILES string of the molecule is O=C(NCc1ccncc1)c1ccc(N2CCNCC2)c(NS(=O)(=O)c2ccccc2F)c1.O=C(O)C(F)(F)F. The summed E-state index contributed by atoms with van der Waals surface area (Å²) < 4.78 is 74.4. The van der Waals surface area contributed by atoms with E-state index in [9.17, 15) is 30.8 Å². The third kappa shape index (κ3) is 8.38. The molecule has 4 N–H and O–H groups in total. The van der Waals surface area contributed by atoms with Gasteiger partial charge in [0.2, 0.25) is 0 Å². The first-order valence-electron chi connectivity index (χ1n) is 11.7. The van der Waals surface area contributed by atoms with Gasteiger partial charge in [0.05, 0.1) is 11.4 Å². The van der Waals surface area contributed by atoms with Crippen LogP contribution in [0.3, 0.4) is 0 Å². The summed E-state index contributed by atoms with van der Waals surface area (Å²) in [4.78, 5) is 27.2. The van der Waals surface area contributed by atoms with E-state index in [-0.39, 0.29) is 17.2 Å². The highest BCUT2D eigenvalue weighted by Crippen LogP contribution is 2.30. The molecule has 0 bridgehead atoms. The van der Waals surface area contributed by atoms with Crippen LogP contribution in [-0.4, -0.2) is 62.7 Å². The summed E-state index contributed by atoms with van der Waals surface area (Å²) >= 11 is 0. The van der Waals surface area contributed by atoms with Gasteiger partial charge in [0.1, 0.15) is 10.7 Å². The highest BCUT2D eigenvalue weighted by Gasteiger charge is 2.38. The monoisotopic (exact) mass is 583 g/mol. The molecule has 0 saturated carbocycles. The Morgan fingerprint density at radius 3 is 2.25 bits per heavy atom. The van der Waals surface area contributed by atoms with Crippen molar-refractivity contribution < 1.29 is 40.7 Å². The molecule has 10 nitrogen and oxygen atoms in total. The topological polar surface area (TPSA) is 141 Å². The minimum absolute atomic E-state index is 0.219. The van der Waals surface area contributed by atoms with Crippen LogP contribution in [0.5, 0.6) is 0 Å². The minimum Gasteiger partial charge on any atom is -0.475 e. The predicted molar refractivity (Wildman–Crippen MR) is 138 cm³/mol. The number of hydrogen-bond acceptors (Lipinski definition) is 7. The average Bonchev–Trinajstić information content (AvgIpc) is 2.92. The molecule has 1 aliphatic heterocycles. The summed E-state index contributed by atoms with van der Waals surface area (Å²) in [5.41, 5.74) is 2.02. The van der Waals surface area contributed by atoms with E-state index < -0.39 is 32.9 Å². The van der Waals surface area contributed by atoms with Crippen molar-refractivity contribution in [3.8, 4) is 0 Å². The van der Waals surface area contributed by atoms with Crippen LogP contribution < -0.4 is 20.3 Å². The van der Waals surface area contributed by atoms with Gasteiger partial charge in [0, 0.05) is 50.7 Å². The van der Waals surface area contributed by atoms with Crippen LogP contribution in [-0.2, 0) is 21.4 Å². The van der Waals surface area contributed by atoms with Crippen molar-refractivity contribution in [1.29, 1.82) is 0 Å². The number of benzene rings is 2. The smallest absolute Gasteiger partial charge is 0.475 e. The van der Waals surface area contributed by atoms with E-state index in [2.05, 4.69) is 20.3 Å². The third-order valence-electron chi connectivity index (χ3n) is 5.53. The summed E-state index contributed by atoms with van der Waals surface area (Å²) in [5.74, 6) is -3.96. The molecule has 1 amide bonds. The van der Waals surface area contributed by atoms with E-state index in [1.165, 1.54) is 24.3 Å². The number of nitrogens with one attached hydrogen (secondary N) is 3. The Labute approximate surface area is 227 Å². The van der Waals surface area contributed by atoms with Crippen molar-refractivity contribution in [2.24, 2.45) is 0 Å². The summed E-state index contributed by atoms with van der Waals surface area (Å²) in [6, 6.07) is 13.6. The number of sulfonamides is 1. The van der Waals surface area contributed by atoms with Crippen LogP contribution >= 0.6 is 0 Å². The van der Waals surface area contributed by atoms with Gasteiger partial charge in [-0.15, -0.1) is 0 Å². The van der Waals surface area contributed by atoms with Crippen molar-refractivity contribution in [2.75, 3.05) is 35.8 Å². The van der Waals surface area contributed by atoms with Crippen molar-refractivity contribution >= 4 is 33.3 Å². The molecule has 1 aliphatic rings. The quantitative estimate of drug-likeness (QED) is 0.311. The molecule has 0 aliphatic carbocycles. The van der Waals surface area contributed by atoms with E-state index in [1.54, 1.807) is 36.7 Å². The first-order valence-corrected chi connectivity index (χ1v) is 13.2. The van der Waals surface area contributed by atoms with Gasteiger partial charge in [-0.3, -0.25) is 14.5 Å². The van der Waals surface area contributed by atoms with Crippen molar-refractivity contribution in [3.05, 3.63) is 83.9 Å². The van der Waals surface area contributed by atoms with Crippen LogP contribution in [0.2, 0.25) is 0 Å². The van der Waals surface area contributed by atoms with E-state index >= 15 is 0 Å². The Kier molecular flexibility index (Phi) is 10.0. The molecule has 1 fully saturated rings. The number of amides is 1. The lowest BCUT2D eigenvalue weighted by molar-refractivity contribution is -0.192. The molecule has 2 heterocycles. The number of pyridine rings is 1. The first kappa shape index (κ1) is 30.3. The normalized spacial score (nSPS) is 13.6. The number of halogens is 4. The fraction of sp³-hybridized carbons (Fsp3) is 0.240. The molecular weight excluding hydrogens is 558 g/mol. The lowest BCUT2D eigenvalue weighted by Crippen LogP contribution is -2.43. The van der Waals surface area contributed by atoms with Crippen LogP contribution in [0.25, 0.3) is 0 Å². The van der Waals surface area contributed by atoms with Gasteiger partial charge in [-0.1, -0.05) is 12.1 Å². The van der Waals surface area contributed by atoms with E-state index in [4.69, 9.17) is 9.90 Å². The van der Waals surface area contributed by atoms with Crippen LogP contribution in [0.15, 0.2) is 71.9 Å². The van der Waals surface area contributed by atoms with Crippen LogP contribution in [0.4, 0.5) is 28.9 Å². The Morgan fingerprint density at radius 1 is 1.02 bits per heavy atom. The molecule has 1 saturated heterocycles. The number of carbonyl (C=O) groups excluding carboxylic acids is 1. The highest BCUT2D eigenvalue weighted by atomic mass is 32.2. The molecule has 0 radical (unpaired) electrons. The second kappa shape index (κ2) is 13.2. The fourth-order valence-electron chi connectivity index (χ4n) is 3.59. The number of piperazine rings is 1. The molecule has 40 heavy (non-hydrogen) atoms. The number of carbonyl (C=O) groups is 2. The Hall–Kier alpha value is -4.24. The largest absolute Gasteiger partial charge is 0.490 e. The molecule has 2 aromatic carbocycles. The lowest BCUT2D eigenvalue weighted by atomic mass is 10.1. The molecule has 0 spiro atoms. The van der Waals surface area contributed by atoms with Gasteiger partial charge in [-0.25, -0.2) is 17.6 Å². The zero-order valence-corrected chi connectivity index (χ0v) is 21.6. The Balaban J connectivity index is 0.000000559. The molecule has 1 aromatic heterocycles. The number of carboxylic acids is 1. The summed E-state index contributed by atoms with van der Waals surface area (Å²) in [7, 11) is -4.21. The molecule has 214 valence electrons. The predicted octanol–water partition coefficient (Wildman–Crippen LogP) is 2.99. The number of nitrogens with zero attached hydrogens (tertiary/aromatic N) is 2. The van der Waals surface area contributed by atoms with E-state index in [0.717, 1.165) is 24.7 Å². The van der Waals surface area contributed by atoms with Crippen molar-refractivity contribution in [3.63, 3.8) is 0 Å². The number of alkyl halides is 3. The highest BCUT2D eigenvalue weighted by molar-refractivity contribution is 7.92. The number of hydrogen-bond donors (Lipinski definition) is 4. The van der Waals surface area contributed by atoms with Gasteiger partial charge in [-0.2, -0.15) is 13.2 Å². The van der Waals surface area contributed by atoms with Crippen LogP contribution in [0, 0.1) is 5.82 Å². The molecule has 3 aromatic rings. The number of rotatable bonds is 7. The van der Waals surface area contributed by atoms with Crippen molar-refractivity contribution in [2.45, 2.75) is 17.6 Å². The summed E-state index contributed by atoms with van der Waals surface area (Å²) in [6.07, 6.45) is -1.81. The molecular formula is C25H25F4N5O5S. The lowest BCUT2D eigenvalue weighted by Gasteiger charge is -2.31. The molecule has 0 atom stereocenters. The van der Waals surface area contributed by atoms with Crippen molar-refractivity contribution in [1.82, 2.24) is 15.6 Å². The second-order valence-electron chi connectivity index (χ2n) is 8.35. The Morgan fingerprint density at radius 2 is 1.65 bits per heavy atom. The van der Waals surface area contributed by atoms with Crippen LogP contribution in [0.1, 0.15) is 15.9 Å². The molecule has 4 rings (SSSR count). The Bertz CT molecular complexity index is 1430. The standard InChI is InChI=1S/C23H24FN5O3S.C2HF3O2/c24-19-3-1-2-4-22(19)33(31,32)28-20-15-18(5-6-21(20)29-13-11-26-12-14-29)23(30)27-16-17-7-9-25-10-8-17;3-2(4,5)1(6)7/h1-10,15,26,28H,11-14,16H2,(H,27,30);(H,6,7). The number of aromatic nitrogens is 1. The van der Waals surface area contributed by atoms with Gasteiger partial charge in [0.15, 0.2) is 0 Å². The minimum atomic E-state index is -5.08. The molecule has 15 heteroatoms. The van der Waals surface area contributed by atoms with Gasteiger partial charge < -0.3 is 20.6 Å². The molecule has 0 unspecified atom stereocenters. The van der Waals surface area contributed by atoms with E-state index in [1.807, 2.05) is 4.90 Å². The zero-order chi connectivity index (χ0) is 29.3. The number of aliphatic carboxylic acids is 1. The maximum absolute atomic E-state index is 14.2. The average molecular weight is 584 g/mol. The summed E-state index contributed by atoms with van der Waals surface area (Å²) in [5, 5.41) is 13.2. The third-order valence-corrected chi connectivity index (χ3v) is 6.93. The van der Waals surface area contributed by atoms with Gasteiger partial charge >= 0.3 is 12.1 Å². The number of carboxylic acid groups (broad SMARTS) is 1. The summed E-state index contributed by atoms with van der Waals surface area (Å²) in [6.45, 7) is 3.13. The maximum atomic E-state index is 14.2. The zero-order valence-electron chi connectivity index (χ0n) is 20.8. The maximum Gasteiger partial charge on any atom is 0.490 e. The second-order valence-corrected chi connectivity index (χ2v) is 10.00. The van der Waals surface area contributed by atoms with Gasteiger partial charge in [0.25, 0.3) is 15.9 Å². The fourth-order valence-corrected chi connectivity index (χ4v) is 4.73. The van der Waals surface area contributed by atoms with E-state index in [0.29, 0.717) is 25.3 Å². The van der Waals surface area contributed by atoms with Gasteiger partial charge in [-0.05, 0) is 48.0 Å². The number of anilines is 2.